The van der Waals surface area contributed by atoms with Gasteiger partial charge in [-0.3, -0.25) is 4.79 Å². The predicted molar refractivity (Wildman–Crippen MR) is 69.6 cm³/mol. The summed E-state index contributed by atoms with van der Waals surface area (Å²) in [6, 6.07) is 6.69. The lowest BCUT2D eigenvalue weighted by Crippen LogP contribution is -2.34. The Morgan fingerprint density at radius 1 is 1.22 bits per heavy atom. The van der Waals surface area contributed by atoms with Gasteiger partial charge in [0.2, 0.25) is 0 Å². The second-order valence-corrected chi connectivity index (χ2v) is 4.24. The topological polar surface area (TPSA) is 46.6 Å². The van der Waals surface area contributed by atoms with Crippen LogP contribution in [0.1, 0.15) is 41.0 Å². The molecule has 1 amide bonds. The van der Waals surface area contributed by atoms with Crippen molar-refractivity contribution in [1.29, 1.82) is 0 Å². The van der Waals surface area contributed by atoms with Crippen molar-refractivity contribution in [1.82, 2.24) is 4.90 Å². The molecule has 0 N–H and O–H groups in total. The highest BCUT2D eigenvalue weighted by Gasteiger charge is 2.16. The van der Waals surface area contributed by atoms with E-state index in [9.17, 15) is 9.59 Å². The molecule has 0 aliphatic carbocycles. The zero-order valence-electron chi connectivity index (χ0n) is 11.3. The molecule has 0 heterocycles. The molecule has 0 aliphatic heterocycles. The van der Waals surface area contributed by atoms with E-state index in [1.165, 1.54) is 7.11 Å². The number of carbonyl (C=O) groups is 2. The van der Waals surface area contributed by atoms with Crippen molar-refractivity contribution in [3.63, 3.8) is 0 Å². The number of rotatable bonds is 4. The molecule has 0 radical (unpaired) electrons. The predicted octanol–water partition coefficient (Wildman–Crippen LogP) is 2.34. The molecule has 0 spiro atoms. The molecule has 0 fully saturated rings. The summed E-state index contributed by atoms with van der Waals surface area (Å²) >= 11 is 0. The van der Waals surface area contributed by atoms with Crippen LogP contribution in [-0.2, 0) is 4.74 Å². The molecule has 0 unspecified atom stereocenters. The maximum absolute atomic E-state index is 12.1. The second kappa shape index (κ2) is 6.19. The Morgan fingerprint density at radius 3 is 2.17 bits per heavy atom. The number of methoxy groups -OCH3 is 1. The van der Waals surface area contributed by atoms with Crippen LogP contribution >= 0.6 is 0 Å². The molecule has 4 nitrogen and oxygen atoms in total. The Morgan fingerprint density at radius 2 is 1.72 bits per heavy atom. The van der Waals surface area contributed by atoms with Crippen LogP contribution in [0.3, 0.4) is 0 Å². The number of carbonyl (C=O) groups excluding carboxylic acids is 2. The van der Waals surface area contributed by atoms with Crippen LogP contribution in [0.25, 0.3) is 0 Å². The third-order valence-corrected chi connectivity index (χ3v) is 3.13. The van der Waals surface area contributed by atoms with Gasteiger partial charge in [-0.25, -0.2) is 4.79 Å². The SMILES string of the molecule is CC[C@@H](C)N(C)C(=O)c1ccc(C(=O)OC)cc1. The molecular weight excluding hydrogens is 230 g/mol. The van der Waals surface area contributed by atoms with Gasteiger partial charge in [-0.15, -0.1) is 0 Å². The minimum Gasteiger partial charge on any atom is -0.465 e. The van der Waals surface area contributed by atoms with E-state index in [1.807, 2.05) is 13.8 Å². The van der Waals surface area contributed by atoms with Gasteiger partial charge in [0.25, 0.3) is 5.91 Å². The van der Waals surface area contributed by atoms with Crippen LogP contribution in [-0.4, -0.2) is 37.0 Å². The average molecular weight is 249 g/mol. The average Bonchev–Trinajstić information content (AvgIpc) is 2.44. The molecule has 98 valence electrons. The maximum atomic E-state index is 12.1. The van der Waals surface area contributed by atoms with Crippen LogP contribution in [0.15, 0.2) is 24.3 Å². The van der Waals surface area contributed by atoms with Crippen LogP contribution in [0, 0.1) is 0 Å². The van der Waals surface area contributed by atoms with Gasteiger partial charge in [0.1, 0.15) is 0 Å². The Bertz CT molecular complexity index is 425. The summed E-state index contributed by atoms with van der Waals surface area (Å²) in [5.41, 5.74) is 1.02. The second-order valence-electron chi connectivity index (χ2n) is 4.24. The van der Waals surface area contributed by atoms with Crippen molar-refractivity contribution in [3.8, 4) is 0 Å². The van der Waals surface area contributed by atoms with E-state index in [0.717, 1.165) is 6.42 Å². The van der Waals surface area contributed by atoms with E-state index >= 15 is 0 Å². The third kappa shape index (κ3) is 3.09. The number of hydrogen-bond acceptors (Lipinski definition) is 3. The fourth-order valence-corrected chi connectivity index (χ4v) is 1.54. The molecule has 1 aromatic carbocycles. The summed E-state index contributed by atoms with van der Waals surface area (Å²) in [4.78, 5) is 25.1. The maximum Gasteiger partial charge on any atom is 0.337 e. The lowest BCUT2D eigenvalue weighted by molar-refractivity contribution is 0.0599. The first-order valence-electron chi connectivity index (χ1n) is 5.96. The number of esters is 1. The lowest BCUT2D eigenvalue weighted by Gasteiger charge is -2.23. The van der Waals surface area contributed by atoms with Crippen molar-refractivity contribution >= 4 is 11.9 Å². The minimum absolute atomic E-state index is 0.0410. The zero-order chi connectivity index (χ0) is 13.7. The molecule has 18 heavy (non-hydrogen) atoms. The Labute approximate surface area is 108 Å². The lowest BCUT2D eigenvalue weighted by atomic mass is 10.1. The van der Waals surface area contributed by atoms with Crippen molar-refractivity contribution in [3.05, 3.63) is 35.4 Å². The molecule has 0 saturated carbocycles. The van der Waals surface area contributed by atoms with Crippen molar-refractivity contribution in [2.75, 3.05) is 14.2 Å². The molecule has 1 aromatic rings. The Hall–Kier alpha value is -1.84. The van der Waals surface area contributed by atoms with E-state index in [2.05, 4.69) is 4.74 Å². The minimum atomic E-state index is -0.399. The van der Waals surface area contributed by atoms with Gasteiger partial charge in [0, 0.05) is 18.7 Å². The monoisotopic (exact) mass is 249 g/mol. The standard InChI is InChI=1S/C14H19NO3/c1-5-10(2)15(3)13(16)11-6-8-12(9-7-11)14(17)18-4/h6-10H,5H2,1-4H3/t10-/m1/s1. The van der Waals surface area contributed by atoms with E-state index in [1.54, 1.807) is 36.2 Å². The highest BCUT2D eigenvalue weighted by molar-refractivity contribution is 5.96. The first kappa shape index (κ1) is 14.2. The van der Waals surface area contributed by atoms with E-state index in [0.29, 0.717) is 11.1 Å². The molecule has 0 bridgehead atoms. The Balaban J connectivity index is 2.85. The largest absolute Gasteiger partial charge is 0.465 e. The number of hydrogen-bond donors (Lipinski definition) is 0. The summed E-state index contributed by atoms with van der Waals surface area (Å²) in [6.07, 6.45) is 0.905. The molecular formula is C14H19NO3. The zero-order valence-corrected chi connectivity index (χ0v) is 11.3. The van der Waals surface area contributed by atoms with E-state index < -0.39 is 5.97 Å². The molecule has 4 heteroatoms. The van der Waals surface area contributed by atoms with E-state index in [4.69, 9.17) is 0 Å². The van der Waals surface area contributed by atoms with E-state index in [-0.39, 0.29) is 11.9 Å². The van der Waals surface area contributed by atoms with Crippen LogP contribution in [0.2, 0.25) is 0 Å². The molecule has 0 saturated heterocycles. The van der Waals surface area contributed by atoms with Gasteiger partial charge in [0.05, 0.1) is 12.7 Å². The molecule has 1 rings (SSSR count). The molecule has 0 aromatic heterocycles. The van der Waals surface area contributed by atoms with Crippen molar-refractivity contribution in [2.24, 2.45) is 0 Å². The Kier molecular flexibility index (Phi) is 4.89. The third-order valence-electron chi connectivity index (χ3n) is 3.13. The highest BCUT2D eigenvalue weighted by atomic mass is 16.5. The van der Waals surface area contributed by atoms with Crippen molar-refractivity contribution < 1.29 is 14.3 Å². The fourth-order valence-electron chi connectivity index (χ4n) is 1.54. The fraction of sp³-hybridized carbons (Fsp3) is 0.429. The number of nitrogens with zero attached hydrogens (tertiary/aromatic N) is 1. The highest BCUT2D eigenvalue weighted by Crippen LogP contribution is 2.10. The van der Waals surface area contributed by atoms with Gasteiger partial charge >= 0.3 is 5.97 Å². The smallest absolute Gasteiger partial charge is 0.337 e. The van der Waals surface area contributed by atoms with Crippen LogP contribution in [0.5, 0.6) is 0 Å². The summed E-state index contributed by atoms with van der Waals surface area (Å²) < 4.78 is 4.61. The van der Waals surface area contributed by atoms with Gasteiger partial charge in [0.15, 0.2) is 0 Å². The summed E-state index contributed by atoms with van der Waals surface area (Å²) in [7, 11) is 3.11. The van der Waals surface area contributed by atoms with Crippen LogP contribution in [0.4, 0.5) is 0 Å². The van der Waals surface area contributed by atoms with Crippen molar-refractivity contribution in [2.45, 2.75) is 26.3 Å². The van der Waals surface area contributed by atoms with Gasteiger partial charge in [-0.05, 0) is 37.6 Å². The normalized spacial score (nSPS) is 11.8. The first-order chi connectivity index (χ1) is 8.51. The van der Waals surface area contributed by atoms with Gasteiger partial charge in [-0.1, -0.05) is 6.92 Å². The summed E-state index contributed by atoms with van der Waals surface area (Å²) in [5, 5.41) is 0. The number of benzene rings is 1. The van der Waals surface area contributed by atoms with Gasteiger partial charge < -0.3 is 9.64 Å². The summed E-state index contributed by atoms with van der Waals surface area (Å²) in [6.45, 7) is 4.04. The molecule has 0 aliphatic rings. The number of ether oxygens (including phenoxy) is 1. The van der Waals surface area contributed by atoms with Crippen LogP contribution < -0.4 is 0 Å². The number of amides is 1. The summed E-state index contributed by atoms with van der Waals surface area (Å²) in [5.74, 6) is -0.440. The first-order valence-corrected chi connectivity index (χ1v) is 5.96. The van der Waals surface area contributed by atoms with Gasteiger partial charge in [-0.2, -0.15) is 0 Å². The quantitative estimate of drug-likeness (QED) is 0.769. The molecule has 1 atom stereocenters.